The van der Waals surface area contributed by atoms with E-state index in [1.807, 2.05) is 0 Å². The lowest BCUT2D eigenvalue weighted by atomic mass is 10.1. The van der Waals surface area contributed by atoms with Crippen LogP contribution in [0.4, 0.5) is 5.69 Å². The Kier molecular flexibility index (Phi) is 6.17. The van der Waals surface area contributed by atoms with Crippen LogP contribution >= 0.6 is 0 Å². The third-order valence-electron chi connectivity index (χ3n) is 4.44. The van der Waals surface area contributed by atoms with E-state index in [0.717, 1.165) is 5.56 Å². The molecule has 3 aromatic rings. The maximum atomic E-state index is 12.6. The van der Waals surface area contributed by atoms with Crippen molar-refractivity contribution in [2.24, 2.45) is 5.73 Å². The smallest absolute Gasteiger partial charge is 0.257 e. The molecule has 0 aliphatic rings. The van der Waals surface area contributed by atoms with E-state index < -0.39 is 11.8 Å². The SMILES string of the molecule is COc1cc(Cn2cc(C(=O)Nc3ccc(C(N)=O)cc3)ccc2=O)cc(OC)c1. The summed E-state index contributed by atoms with van der Waals surface area (Å²) in [5, 5.41) is 2.72. The quantitative estimate of drug-likeness (QED) is 0.624. The van der Waals surface area contributed by atoms with E-state index in [4.69, 9.17) is 15.2 Å². The number of methoxy groups -OCH3 is 2. The van der Waals surface area contributed by atoms with Gasteiger partial charge in [-0.25, -0.2) is 0 Å². The molecule has 0 saturated heterocycles. The number of rotatable bonds is 7. The minimum Gasteiger partial charge on any atom is -0.497 e. The van der Waals surface area contributed by atoms with Crippen LogP contribution in [0.5, 0.6) is 11.5 Å². The molecule has 0 fully saturated rings. The van der Waals surface area contributed by atoms with Gasteiger partial charge in [-0.05, 0) is 48.0 Å². The van der Waals surface area contributed by atoms with Gasteiger partial charge in [-0.1, -0.05) is 0 Å². The number of ether oxygens (including phenoxy) is 2. The Hall–Kier alpha value is -4.07. The fourth-order valence-electron chi connectivity index (χ4n) is 2.86. The summed E-state index contributed by atoms with van der Waals surface area (Å²) >= 11 is 0. The molecule has 0 bridgehead atoms. The number of benzene rings is 2. The van der Waals surface area contributed by atoms with Gasteiger partial charge < -0.3 is 25.1 Å². The van der Waals surface area contributed by atoms with Crippen molar-refractivity contribution in [3.63, 3.8) is 0 Å². The Morgan fingerprint density at radius 2 is 1.53 bits per heavy atom. The highest BCUT2D eigenvalue weighted by Gasteiger charge is 2.10. The number of aromatic nitrogens is 1. The summed E-state index contributed by atoms with van der Waals surface area (Å²) in [6, 6.07) is 14.3. The van der Waals surface area contributed by atoms with E-state index in [1.54, 1.807) is 44.6 Å². The maximum Gasteiger partial charge on any atom is 0.257 e. The van der Waals surface area contributed by atoms with E-state index in [1.165, 1.54) is 35.0 Å². The standard InChI is InChI=1S/C22H21N3O5/c1-29-18-9-14(10-19(11-18)30-2)12-25-13-16(5-8-20(25)26)22(28)24-17-6-3-15(4-7-17)21(23)27/h3-11,13H,12H2,1-2H3,(H2,23,27)(H,24,28). The van der Waals surface area contributed by atoms with Crippen molar-refractivity contribution in [1.29, 1.82) is 0 Å². The Bertz CT molecular complexity index is 1110. The largest absolute Gasteiger partial charge is 0.497 e. The number of nitrogens with two attached hydrogens (primary N) is 1. The van der Waals surface area contributed by atoms with Gasteiger partial charge in [0.1, 0.15) is 11.5 Å². The fraction of sp³-hybridized carbons (Fsp3) is 0.136. The first-order valence-corrected chi connectivity index (χ1v) is 9.03. The number of carbonyl (C=O) groups excluding carboxylic acids is 2. The molecule has 0 radical (unpaired) electrons. The molecule has 3 N–H and O–H groups in total. The summed E-state index contributed by atoms with van der Waals surface area (Å²) in [7, 11) is 3.09. The Balaban J connectivity index is 1.82. The normalized spacial score (nSPS) is 10.3. The number of nitrogens with one attached hydrogen (secondary N) is 1. The van der Waals surface area contributed by atoms with Crippen molar-refractivity contribution >= 4 is 17.5 Å². The van der Waals surface area contributed by atoms with Crippen molar-refractivity contribution in [2.75, 3.05) is 19.5 Å². The summed E-state index contributed by atoms with van der Waals surface area (Å²) in [5.41, 5.74) is 6.90. The number of anilines is 1. The van der Waals surface area contributed by atoms with Crippen LogP contribution in [0.15, 0.2) is 65.6 Å². The molecular weight excluding hydrogens is 386 g/mol. The fourth-order valence-corrected chi connectivity index (χ4v) is 2.86. The van der Waals surface area contributed by atoms with Crippen LogP contribution < -0.4 is 26.1 Å². The summed E-state index contributed by atoms with van der Waals surface area (Å²) in [6.45, 7) is 0.237. The number of amides is 2. The molecule has 0 aliphatic heterocycles. The molecule has 2 amide bonds. The molecular formula is C22H21N3O5. The number of hydrogen-bond acceptors (Lipinski definition) is 5. The first-order chi connectivity index (χ1) is 14.4. The maximum absolute atomic E-state index is 12.6. The van der Waals surface area contributed by atoms with Crippen LogP contribution in [0.25, 0.3) is 0 Å². The van der Waals surface area contributed by atoms with Crippen molar-refractivity contribution in [2.45, 2.75) is 6.54 Å². The molecule has 1 heterocycles. The van der Waals surface area contributed by atoms with Gasteiger partial charge in [-0.3, -0.25) is 14.4 Å². The van der Waals surface area contributed by atoms with Crippen LogP contribution in [0.2, 0.25) is 0 Å². The second-order valence-electron chi connectivity index (χ2n) is 6.50. The molecule has 0 unspecified atom stereocenters. The van der Waals surface area contributed by atoms with Gasteiger partial charge in [0.25, 0.3) is 11.5 Å². The monoisotopic (exact) mass is 407 g/mol. The predicted octanol–water partition coefficient (Wildman–Crippen LogP) is 2.27. The zero-order valence-electron chi connectivity index (χ0n) is 16.5. The van der Waals surface area contributed by atoms with Crippen molar-refractivity contribution in [3.05, 3.63) is 87.8 Å². The molecule has 2 aromatic carbocycles. The van der Waals surface area contributed by atoms with Crippen LogP contribution in [0.1, 0.15) is 26.3 Å². The number of primary amides is 1. The molecule has 0 atom stereocenters. The van der Waals surface area contributed by atoms with Crippen LogP contribution in [0, 0.1) is 0 Å². The average Bonchev–Trinajstić information content (AvgIpc) is 2.75. The molecule has 0 saturated carbocycles. The summed E-state index contributed by atoms with van der Waals surface area (Å²) in [6.07, 6.45) is 1.49. The minimum absolute atomic E-state index is 0.237. The second-order valence-corrected chi connectivity index (χ2v) is 6.50. The Morgan fingerprint density at radius 3 is 2.10 bits per heavy atom. The van der Waals surface area contributed by atoms with Gasteiger partial charge in [0.05, 0.1) is 26.3 Å². The van der Waals surface area contributed by atoms with Crippen molar-refractivity contribution < 1.29 is 19.1 Å². The van der Waals surface area contributed by atoms with Crippen LogP contribution in [-0.4, -0.2) is 30.6 Å². The van der Waals surface area contributed by atoms with E-state index in [2.05, 4.69) is 5.32 Å². The molecule has 8 nitrogen and oxygen atoms in total. The highest BCUT2D eigenvalue weighted by Crippen LogP contribution is 2.23. The third kappa shape index (κ3) is 4.85. The predicted molar refractivity (Wildman–Crippen MR) is 112 cm³/mol. The third-order valence-corrected chi connectivity index (χ3v) is 4.44. The first-order valence-electron chi connectivity index (χ1n) is 9.03. The minimum atomic E-state index is -0.547. The lowest BCUT2D eigenvalue weighted by Crippen LogP contribution is -2.22. The molecule has 0 spiro atoms. The zero-order chi connectivity index (χ0) is 21.7. The highest BCUT2D eigenvalue weighted by atomic mass is 16.5. The summed E-state index contributed by atoms with van der Waals surface area (Å²) < 4.78 is 11.9. The van der Waals surface area contributed by atoms with Gasteiger partial charge in [-0.2, -0.15) is 0 Å². The van der Waals surface area contributed by atoms with Crippen LogP contribution in [-0.2, 0) is 6.54 Å². The van der Waals surface area contributed by atoms with E-state index in [-0.39, 0.29) is 12.1 Å². The van der Waals surface area contributed by atoms with Gasteiger partial charge in [-0.15, -0.1) is 0 Å². The van der Waals surface area contributed by atoms with Gasteiger partial charge >= 0.3 is 0 Å². The lowest BCUT2D eigenvalue weighted by Gasteiger charge is -2.12. The zero-order valence-corrected chi connectivity index (χ0v) is 16.5. The number of nitrogens with zero attached hydrogens (tertiary/aromatic N) is 1. The van der Waals surface area contributed by atoms with E-state index in [9.17, 15) is 14.4 Å². The van der Waals surface area contributed by atoms with Gasteiger partial charge in [0, 0.05) is 29.6 Å². The molecule has 3 rings (SSSR count). The van der Waals surface area contributed by atoms with Gasteiger partial charge in [0.2, 0.25) is 5.91 Å². The first kappa shape index (κ1) is 20.7. The molecule has 0 aliphatic carbocycles. The molecule has 154 valence electrons. The number of carbonyl (C=O) groups is 2. The number of hydrogen-bond donors (Lipinski definition) is 2. The molecule has 1 aromatic heterocycles. The second kappa shape index (κ2) is 8.95. The molecule has 30 heavy (non-hydrogen) atoms. The summed E-state index contributed by atoms with van der Waals surface area (Å²) in [5.74, 6) is 0.268. The van der Waals surface area contributed by atoms with Crippen molar-refractivity contribution in [1.82, 2.24) is 4.57 Å². The topological polar surface area (TPSA) is 113 Å². The van der Waals surface area contributed by atoms with Gasteiger partial charge in [0.15, 0.2) is 0 Å². The lowest BCUT2D eigenvalue weighted by molar-refractivity contribution is 0.0998. The van der Waals surface area contributed by atoms with E-state index in [0.29, 0.717) is 28.3 Å². The molecule has 8 heteroatoms. The van der Waals surface area contributed by atoms with E-state index >= 15 is 0 Å². The Morgan fingerprint density at radius 1 is 0.933 bits per heavy atom. The highest BCUT2D eigenvalue weighted by molar-refractivity contribution is 6.04. The number of pyridine rings is 1. The van der Waals surface area contributed by atoms with Crippen LogP contribution in [0.3, 0.4) is 0 Å². The van der Waals surface area contributed by atoms with Crippen molar-refractivity contribution in [3.8, 4) is 11.5 Å². The Labute approximate surface area is 172 Å². The average molecular weight is 407 g/mol. The summed E-state index contributed by atoms with van der Waals surface area (Å²) in [4.78, 5) is 36.0.